The number of likely N-dealkylation sites (tertiary alicyclic amines) is 1. The zero-order valence-corrected chi connectivity index (χ0v) is 11.6. The van der Waals surface area contributed by atoms with Gasteiger partial charge in [-0.25, -0.2) is 0 Å². The van der Waals surface area contributed by atoms with Crippen LogP contribution in [0.4, 0.5) is 0 Å². The van der Waals surface area contributed by atoms with Crippen molar-refractivity contribution in [1.29, 1.82) is 0 Å². The van der Waals surface area contributed by atoms with E-state index < -0.39 is 6.10 Å². The van der Waals surface area contributed by atoms with Crippen LogP contribution in [0.1, 0.15) is 26.2 Å². The molecule has 1 aromatic heterocycles. The summed E-state index contributed by atoms with van der Waals surface area (Å²) in [5, 5.41) is 27.5. The van der Waals surface area contributed by atoms with E-state index in [9.17, 15) is 10.2 Å². The van der Waals surface area contributed by atoms with Crippen LogP contribution < -0.4 is 0 Å². The Morgan fingerprint density at radius 3 is 2.63 bits per heavy atom. The number of β-amino-alcohol motifs (C(OH)–C–C–N with tert-alkyl or cyclic N) is 1. The van der Waals surface area contributed by atoms with E-state index >= 15 is 0 Å². The normalized spacial score (nSPS) is 28.7. The Morgan fingerprint density at radius 2 is 2.05 bits per heavy atom. The van der Waals surface area contributed by atoms with Gasteiger partial charge in [0.1, 0.15) is 12.7 Å². The molecule has 2 N–H and O–H groups in total. The van der Waals surface area contributed by atoms with E-state index in [1.165, 1.54) is 0 Å². The zero-order valence-electron chi connectivity index (χ0n) is 11.6. The predicted molar refractivity (Wildman–Crippen MR) is 71.5 cm³/mol. The zero-order chi connectivity index (χ0) is 13.7. The summed E-state index contributed by atoms with van der Waals surface area (Å²) in [6.07, 6.45) is 5.72. The summed E-state index contributed by atoms with van der Waals surface area (Å²) in [6.45, 7) is 5.47. The Bertz CT molecular complexity index is 371. The molecule has 0 unspecified atom stereocenters. The first-order valence-corrected chi connectivity index (χ1v) is 7.04. The number of aliphatic hydroxyl groups is 2. The maximum absolute atomic E-state index is 10.3. The second kappa shape index (κ2) is 6.45. The minimum atomic E-state index is -0.438. The van der Waals surface area contributed by atoms with E-state index in [1.807, 2.05) is 4.57 Å². The van der Waals surface area contributed by atoms with Crippen molar-refractivity contribution in [3.05, 3.63) is 12.7 Å². The molecule has 6 nitrogen and oxygen atoms in total. The molecule has 0 aromatic carbocycles. The topological polar surface area (TPSA) is 74.4 Å². The number of nitrogens with zero attached hydrogens (tertiary/aromatic N) is 4. The third-order valence-corrected chi connectivity index (χ3v) is 4.27. The summed E-state index contributed by atoms with van der Waals surface area (Å²) in [5.41, 5.74) is -0.290. The number of aliphatic hydroxyl groups excluding tert-OH is 2. The molecule has 0 aliphatic carbocycles. The van der Waals surface area contributed by atoms with Crippen LogP contribution in [-0.2, 0) is 6.54 Å². The Kier molecular flexibility index (Phi) is 4.90. The van der Waals surface area contributed by atoms with Crippen LogP contribution in [0.25, 0.3) is 0 Å². The van der Waals surface area contributed by atoms with Gasteiger partial charge in [0.15, 0.2) is 0 Å². The molecule has 1 aliphatic rings. The molecule has 19 heavy (non-hydrogen) atoms. The van der Waals surface area contributed by atoms with Crippen LogP contribution in [0.5, 0.6) is 0 Å². The van der Waals surface area contributed by atoms with Gasteiger partial charge in [-0.15, -0.1) is 10.2 Å². The molecular weight excluding hydrogens is 244 g/mol. The lowest BCUT2D eigenvalue weighted by molar-refractivity contribution is -0.0788. The number of hydrogen-bond donors (Lipinski definition) is 2. The maximum atomic E-state index is 10.3. The van der Waals surface area contributed by atoms with Crippen molar-refractivity contribution in [2.45, 2.75) is 38.8 Å². The molecule has 0 radical (unpaired) electrons. The second-order valence-electron chi connectivity index (χ2n) is 5.54. The van der Waals surface area contributed by atoms with Gasteiger partial charge in [0.25, 0.3) is 0 Å². The lowest BCUT2D eigenvalue weighted by Gasteiger charge is -2.44. The molecule has 6 heteroatoms. The highest BCUT2D eigenvalue weighted by Gasteiger charge is 2.40. The van der Waals surface area contributed by atoms with Crippen LogP contribution in [0.3, 0.4) is 0 Å². The van der Waals surface area contributed by atoms with E-state index in [4.69, 9.17) is 0 Å². The average molecular weight is 268 g/mol. The van der Waals surface area contributed by atoms with Crippen LogP contribution >= 0.6 is 0 Å². The summed E-state index contributed by atoms with van der Waals surface area (Å²) in [7, 11) is 0. The molecule has 2 rings (SSSR count). The third kappa shape index (κ3) is 3.32. The van der Waals surface area contributed by atoms with Gasteiger partial charge in [0.2, 0.25) is 0 Å². The molecule has 108 valence electrons. The Hall–Kier alpha value is -0.980. The standard InChI is InChI=1S/C13H24N4O2/c1-2-3-13(9-18)4-5-16(8-12(13)19)6-7-17-10-14-15-11-17/h10-12,18-19H,2-9H2,1H3/t12-,13-/m1/s1. The van der Waals surface area contributed by atoms with Crippen LogP contribution in [0.15, 0.2) is 12.7 Å². The van der Waals surface area contributed by atoms with Gasteiger partial charge in [-0.2, -0.15) is 0 Å². The van der Waals surface area contributed by atoms with Gasteiger partial charge in [0, 0.05) is 25.0 Å². The molecule has 1 aliphatic heterocycles. The van der Waals surface area contributed by atoms with E-state index in [0.29, 0.717) is 6.54 Å². The Morgan fingerprint density at radius 1 is 1.32 bits per heavy atom. The fourth-order valence-electron chi connectivity index (χ4n) is 2.93. The van der Waals surface area contributed by atoms with E-state index in [-0.39, 0.29) is 12.0 Å². The number of hydrogen-bond acceptors (Lipinski definition) is 5. The molecule has 0 saturated carbocycles. The van der Waals surface area contributed by atoms with Gasteiger partial charge >= 0.3 is 0 Å². The molecule has 2 heterocycles. The van der Waals surface area contributed by atoms with Crippen molar-refractivity contribution in [2.24, 2.45) is 5.41 Å². The minimum Gasteiger partial charge on any atom is -0.396 e. The van der Waals surface area contributed by atoms with Gasteiger partial charge in [-0.1, -0.05) is 13.3 Å². The maximum Gasteiger partial charge on any atom is 0.119 e. The fraction of sp³-hybridized carbons (Fsp3) is 0.846. The Balaban J connectivity index is 1.85. The first-order chi connectivity index (χ1) is 9.20. The highest BCUT2D eigenvalue weighted by atomic mass is 16.3. The first-order valence-electron chi connectivity index (χ1n) is 7.04. The smallest absolute Gasteiger partial charge is 0.119 e. The summed E-state index contributed by atoms with van der Waals surface area (Å²) in [4.78, 5) is 2.24. The van der Waals surface area contributed by atoms with Gasteiger partial charge < -0.3 is 14.8 Å². The van der Waals surface area contributed by atoms with Crippen LogP contribution in [0.2, 0.25) is 0 Å². The Labute approximate surface area is 114 Å². The number of piperidine rings is 1. The summed E-state index contributed by atoms with van der Waals surface area (Å²) in [6, 6.07) is 0. The van der Waals surface area contributed by atoms with Crippen LogP contribution in [0, 0.1) is 5.41 Å². The van der Waals surface area contributed by atoms with Gasteiger partial charge in [-0.05, 0) is 19.4 Å². The number of aromatic nitrogens is 3. The monoisotopic (exact) mass is 268 g/mol. The van der Waals surface area contributed by atoms with Gasteiger partial charge in [-0.3, -0.25) is 4.90 Å². The molecule has 0 amide bonds. The molecule has 1 aromatic rings. The molecule has 1 saturated heterocycles. The number of rotatable bonds is 6. The van der Waals surface area contributed by atoms with E-state index in [2.05, 4.69) is 22.0 Å². The molecular formula is C13H24N4O2. The molecule has 0 bridgehead atoms. The quantitative estimate of drug-likeness (QED) is 0.767. The SMILES string of the molecule is CCC[C@]1(CO)CCN(CCn2cnnc2)C[C@H]1O. The highest BCUT2D eigenvalue weighted by Crippen LogP contribution is 2.35. The molecule has 1 fully saturated rings. The van der Waals surface area contributed by atoms with E-state index in [0.717, 1.165) is 38.9 Å². The van der Waals surface area contributed by atoms with Crippen molar-refractivity contribution in [2.75, 3.05) is 26.2 Å². The summed E-state index contributed by atoms with van der Waals surface area (Å²) >= 11 is 0. The largest absolute Gasteiger partial charge is 0.396 e. The first kappa shape index (κ1) is 14.4. The average Bonchev–Trinajstić information content (AvgIpc) is 2.93. The highest BCUT2D eigenvalue weighted by molar-refractivity contribution is 4.92. The van der Waals surface area contributed by atoms with E-state index in [1.54, 1.807) is 12.7 Å². The van der Waals surface area contributed by atoms with Crippen molar-refractivity contribution in [3.63, 3.8) is 0 Å². The van der Waals surface area contributed by atoms with Crippen molar-refractivity contribution >= 4 is 0 Å². The van der Waals surface area contributed by atoms with Crippen molar-refractivity contribution in [1.82, 2.24) is 19.7 Å². The molecule has 0 spiro atoms. The third-order valence-electron chi connectivity index (χ3n) is 4.27. The van der Waals surface area contributed by atoms with Crippen molar-refractivity contribution in [3.8, 4) is 0 Å². The lowest BCUT2D eigenvalue weighted by atomic mass is 9.73. The predicted octanol–water partition coefficient (Wildman–Crippen LogP) is 0.123. The lowest BCUT2D eigenvalue weighted by Crippen LogP contribution is -2.53. The van der Waals surface area contributed by atoms with Crippen LogP contribution in [-0.4, -0.2) is 62.2 Å². The minimum absolute atomic E-state index is 0.0846. The van der Waals surface area contributed by atoms with Gasteiger partial charge in [0.05, 0.1) is 12.7 Å². The fourth-order valence-corrected chi connectivity index (χ4v) is 2.93. The second-order valence-corrected chi connectivity index (χ2v) is 5.54. The summed E-state index contributed by atoms with van der Waals surface area (Å²) < 4.78 is 1.94. The van der Waals surface area contributed by atoms with Crippen molar-refractivity contribution < 1.29 is 10.2 Å². The summed E-state index contributed by atoms with van der Waals surface area (Å²) in [5.74, 6) is 0. The molecule has 2 atom stereocenters.